The Bertz CT molecular complexity index is 140. The van der Waals surface area contributed by atoms with E-state index in [4.69, 9.17) is 5.11 Å². The van der Waals surface area contributed by atoms with E-state index in [2.05, 4.69) is 47.0 Å². The first kappa shape index (κ1) is 13.1. The maximum atomic E-state index is 8.78. The Hall–Kier alpha value is 2.07. The average molecular weight is 524 g/mol. The molecule has 0 amide bonds. The molecule has 1 N–H and O–H groups in total. The van der Waals surface area contributed by atoms with Crippen molar-refractivity contribution in [2.75, 3.05) is 43.9 Å². The molecule has 0 atom stereocenters. The molecule has 1 aliphatic heterocycles. The maximum absolute atomic E-state index is 8.78. The van der Waals surface area contributed by atoms with Crippen molar-refractivity contribution >= 4 is 49.1 Å². The van der Waals surface area contributed by atoms with Crippen molar-refractivity contribution < 1.29 is 5.11 Å². The van der Waals surface area contributed by atoms with E-state index < -0.39 is 11.9 Å². The molecule has 0 aliphatic carbocycles. The van der Waals surface area contributed by atoms with Gasteiger partial charge in [-0.15, -0.1) is 0 Å². The molecule has 0 saturated carbocycles. The summed E-state index contributed by atoms with van der Waals surface area (Å²) in [6, 6.07) is 0. The van der Waals surface area contributed by atoms with E-state index in [9.17, 15) is 0 Å². The number of halogens is 3. The van der Waals surface area contributed by atoms with Gasteiger partial charge in [-0.25, -0.2) is 0 Å². The Morgan fingerprint density at radius 1 is 1.08 bits per heavy atom. The Kier molecular flexibility index (Phi) is 7.44. The Balaban J connectivity index is 2.15. The molecular formula is C7H15I3N2O. The summed E-state index contributed by atoms with van der Waals surface area (Å²) in [7, 11) is 0. The number of piperazine rings is 1. The minimum atomic E-state index is -0.635. The predicted octanol–water partition coefficient (Wildman–Crippen LogP) is 1.76. The van der Waals surface area contributed by atoms with Gasteiger partial charge < -0.3 is 0 Å². The average Bonchev–Trinajstić information content (AvgIpc) is 2.08. The first-order valence-electron chi connectivity index (χ1n) is 4.27. The van der Waals surface area contributed by atoms with Crippen molar-refractivity contribution in [3.63, 3.8) is 0 Å². The molecule has 1 heterocycles. The second-order valence-corrected chi connectivity index (χ2v) is 28.9. The molecule has 0 aromatic rings. The molecule has 13 heavy (non-hydrogen) atoms. The van der Waals surface area contributed by atoms with Crippen LogP contribution in [-0.2, 0) is 0 Å². The van der Waals surface area contributed by atoms with E-state index in [0.29, 0.717) is 6.61 Å². The third kappa shape index (κ3) is 5.64. The zero-order valence-corrected chi connectivity index (χ0v) is 13.9. The molecule has 0 radical (unpaired) electrons. The van der Waals surface area contributed by atoms with Gasteiger partial charge in [0.05, 0.1) is 0 Å². The standard InChI is InChI=1S/C7H15I3N2O/c8-10(9)7-12-3-1-11(2-4-12)5-6-13/h13H,1-7H2. The summed E-state index contributed by atoms with van der Waals surface area (Å²) >= 11 is 4.59. The van der Waals surface area contributed by atoms with Crippen LogP contribution in [0.1, 0.15) is 0 Å². The van der Waals surface area contributed by atoms with E-state index in [1.165, 1.54) is 17.6 Å². The van der Waals surface area contributed by atoms with Crippen LogP contribution in [0.3, 0.4) is 0 Å². The molecule has 0 spiro atoms. The normalized spacial score (nSPS) is 21.9. The number of rotatable bonds is 4. The quantitative estimate of drug-likeness (QED) is 0.346. The number of hydrogen-bond donors (Lipinski definition) is 1. The molecule has 1 aliphatic rings. The van der Waals surface area contributed by atoms with Crippen molar-refractivity contribution in [2.24, 2.45) is 0 Å². The van der Waals surface area contributed by atoms with Gasteiger partial charge in [0, 0.05) is 0 Å². The molecule has 0 aromatic carbocycles. The van der Waals surface area contributed by atoms with Crippen LogP contribution in [0.25, 0.3) is 0 Å². The van der Waals surface area contributed by atoms with Gasteiger partial charge in [-0.05, 0) is 0 Å². The van der Waals surface area contributed by atoms with Crippen molar-refractivity contribution in [3.05, 3.63) is 0 Å². The molecule has 0 aromatic heterocycles. The first-order chi connectivity index (χ1) is 6.22. The molecule has 80 valence electrons. The zero-order valence-electron chi connectivity index (χ0n) is 7.43. The van der Waals surface area contributed by atoms with Crippen LogP contribution in [0.2, 0.25) is 0 Å². The molecule has 1 fully saturated rings. The molecule has 0 bridgehead atoms. The summed E-state index contributed by atoms with van der Waals surface area (Å²) in [4.78, 5) is 4.91. The molecule has 1 saturated heterocycles. The van der Waals surface area contributed by atoms with Gasteiger partial charge in [0.1, 0.15) is 0 Å². The summed E-state index contributed by atoms with van der Waals surface area (Å²) in [6.07, 6.45) is 0. The molecular weight excluding hydrogens is 509 g/mol. The summed E-state index contributed by atoms with van der Waals surface area (Å²) < 4.78 is 1.35. The van der Waals surface area contributed by atoms with Crippen LogP contribution in [0, 0.1) is 0 Å². The minimum absolute atomic E-state index is 0.303. The zero-order chi connectivity index (χ0) is 9.68. The number of alkyl halides is 1. The van der Waals surface area contributed by atoms with E-state index in [0.717, 1.165) is 19.6 Å². The first-order valence-corrected chi connectivity index (χ1v) is 18.4. The summed E-state index contributed by atoms with van der Waals surface area (Å²) in [5.41, 5.74) is 0. The topological polar surface area (TPSA) is 26.7 Å². The van der Waals surface area contributed by atoms with E-state index in [-0.39, 0.29) is 0 Å². The number of aliphatic hydroxyl groups is 1. The number of aliphatic hydroxyl groups excluding tert-OH is 1. The van der Waals surface area contributed by atoms with Gasteiger partial charge in [-0.3, -0.25) is 0 Å². The van der Waals surface area contributed by atoms with E-state index in [1.54, 1.807) is 0 Å². The SMILES string of the molecule is OCCN1CCN(CI(I)I)CC1. The van der Waals surface area contributed by atoms with Gasteiger partial charge in [0.15, 0.2) is 0 Å². The Morgan fingerprint density at radius 3 is 2.08 bits per heavy atom. The fourth-order valence-electron chi connectivity index (χ4n) is 1.40. The van der Waals surface area contributed by atoms with Gasteiger partial charge in [-0.1, -0.05) is 0 Å². The monoisotopic (exact) mass is 524 g/mol. The molecule has 0 unspecified atom stereocenters. The van der Waals surface area contributed by atoms with Gasteiger partial charge in [-0.2, -0.15) is 0 Å². The molecule has 3 nitrogen and oxygen atoms in total. The molecule has 6 heteroatoms. The fraction of sp³-hybridized carbons (Fsp3) is 1.00. The van der Waals surface area contributed by atoms with Gasteiger partial charge in [0.2, 0.25) is 0 Å². The van der Waals surface area contributed by atoms with E-state index >= 15 is 0 Å². The van der Waals surface area contributed by atoms with Crippen LogP contribution >= 0.6 is 49.1 Å². The summed E-state index contributed by atoms with van der Waals surface area (Å²) in [5, 5.41) is 8.78. The van der Waals surface area contributed by atoms with Crippen LogP contribution in [0.4, 0.5) is 0 Å². The summed E-state index contributed by atoms with van der Waals surface area (Å²) in [6.45, 7) is 5.82. The number of nitrogens with zero attached hydrogens (tertiary/aromatic N) is 2. The van der Waals surface area contributed by atoms with E-state index in [1.807, 2.05) is 0 Å². The fourth-order valence-corrected chi connectivity index (χ4v) is 7.71. The van der Waals surface area contributed by atoms with Crippen molar-refractivity contribution in [3.8, 4) is 0 Å². The van der Waals surface area contributed by atoms with Crippen LogP contribution < -0.4 is 0 Å². The van der Waals surface area contributed by atoms with Crippen molar-refractivity contribution in [1.29, 1.82) is 0 Å². The predicted molar refractivity (Wildman–Crippen MR) is 82.0 cm³/mol. The summed E-state index contributed by atoms with van der Waals surface area (Å²) in [5.74, 6) is 0. The van der Waals surface area contributed by atoms with Crippen molar-refractivity contribution in [2.45, 2.75) is 0 Å². The van der Waals surface area contributed by atoms with Crippen LogP contribution in [0.15, 0.2) is 0 Å². The third-order valence-electron chi connectivity index (χ3n) is 2.14. The third-order valence-corrected chi connectivity index (χ3v) is 7.08. The van der Waals surface area contributed by atoms with Gasteiger partial charge >= 0.3 is 108 Å². The number of β-amino-alcohol motifs (C(OH)–C–C–N with tert-alkyl or cyclic N) is 1. The van der Waals surface area contributed by atoms with Crippen LogP contribution in [0.5, 0.6) is 0 Å². The Labute approximate surface area is 106 Å². The molecule has 1 rings (SSSR count). The Morgan fingerprint density at radius 2 is 1.62 bits per heavy atom. The van der Waals surface area contributed by atoms with Gasteiger partial charge in [0.25, 0.3) is 0 Å². The second kappa shape index (κ2) is 7.36. The number of hydrogen-bond acceptors (Lipinski definition) is 3. The second-order valence-electron chi connectivity index (χ2n) is 3.06. The van der Waals surface area contributed by atoms with Crippen LogP contribution in [-0.4, -0.2) is 58.8 Å². The van der Waals surface area contributed by atoms with Crippen molar-refractivity contribution in [1.82, 2.24) is 9.80 Å².